The summed E-state index contributed by atoms with van der Waals surface area (Å²) >= 11 is 0. The first kappa shape index (κ1) is 16.9. The minimum Gasteiger partial charge on any atom is -0.379 e. The van der Waals surface area contributed by atoms with Gasteiger partial charge in [-0.2, -0.15) is 0 Å². The molecule has 0 spiro atoms. The molecule has 0 fully saturated rings. The molecule has 1 N–H and O–H groups in total. The van der Waals surface area contributed by atoms with Crippen molar-refractivity contribution in [2.75, 3.05) is 26.0 Å². The Labute approximate surface area is 125 Å². The Balaban J connectivity index is 2.89. The lowest BCUT2D eigenvalue weighted by Gasteiger charge is -2.13. The Kier molecular flexibility index (Phi) is 6.14. The summed E-state index contributed by atoms with van der Waals surface area (Å²) in [7, 11) is 3.30. The van der Waals surface area contributed by atoms with Gasteiger partial charge < -0.3 is 10.2 Å². The monoisotopic (exact) mass is 293 g/mol. The van der Waals surface area contributed by atoms with Gasteiger partial charge in [0.1, 0.15) is 5.69 Å². The third-order valence-corrected chi connectivity index (χ3v) is 3.12. The van der Waals surface area contributed by atoms with Gasteiger partial charge in [-0.05, 0) is 30.9 Å². The third-order valence-electron chi connectivity index (χ3n) is 3.12. The van der Waals surface area contributed by atoms with E-state index in [0.29, 0.717) is 23.7 Å². The van der Waals surface area contributed by atoms with Crippen molar-refractivity contribution in [3.05, 3.63) is 33.9 Å². The number of amides is 1. The molecule has 0 saturated carbocycles. The Hall–Kier alpha value is -2.11. The number of nitro groups is 1. The number of carbonyl (C=O) groups excluding carboxylic acids is 1. The SMILES string of the molecule is CC(C)CCCNc1cc(C(=O)N(C)C)ccc1[N+](=O)[O-]. The van der Waals surface area contributed by atoms with Crippen molar-refractivity contribution in [3.63, 3.8) is 0 Å². The van der Waals surface area contributed by atoms with Crippen LogP contribution in [0.3, 0.4) is 0 Å². The summed E-state index contributed by atoms with van der Waals surface area (Å²) in [5.41, 5.74) is 0.836. The average molecular weight is 293 g/mol. The zero-order chi connectivity index (χ0) is 16.0. The van der Waals surface area contributed by atoms with Crippen molar-refractivity contribution in [2.45, 2.75) is 26.7 Å². The number of hydrogen-bond acceptors (Lipinski definition) is 4. The van der Waals surface area contributed by atoms with Crippen LogP contribution in [0.25, 0.3) is 0 Å². The van der Waals surface area contributed by atoms with Crippen LogP contribution in [0.5, 0.6) is 0 Å². The lowest BCUT2D eigenvalue weighted by molar-refractivity contribution is -0.384. The normalized spacial score (nSPS) is 10.5. The van der Waals surface area contributed by atoms with Gasteiger partial charge >= 0.3 is 0 Å². The number of nitro benzene ring substituents is 1. The molecule has 1 amide bonds. The summed E-state index contributed by atoms with van der Waals surface area (Å²) in [5.74, 6) is 0.429. The number of nitrogens with one attached hydrogen (secondary N) is 1. The lowest BCUT2D eigenvalue weighted by atomic mass is 10.1. The first-order valence-electron chi connectivity index (χ1n) is 7.07. The fraction of sp³-hybridized carbons (Fsp3) is 0.533. The van der Waals surface area contributed by atoms with Crippen molar-refractivity contribution in [1.29, 1.82) is 0 Å². The van der Waals surface area contributed by atoms with E-state index >= 15 is 0 Å². The van der Waals surface area contributed by atoms with Gasteiger partial charge in [0.25, 0.3) is 11.6 Å². The van der Waals surface area contributed by atoms with E-state index in [4.69, 9.17) is 0 Å². The van der Waals surface area contributed by atoms with E-state index in [0.717, 1.165) is 12.8 Å². The second kappa shape index (κ2) is 7.61. The van der Waals surface area contributed by atoms with Crippen molar-refractivity contribution in [2.24, 2.45) is 5.92 Å². The summed E-state index contributed by atoms with van der Waals surface area (Å²) in [6.45, 7) is 4.93. The van der Waals surface area contributed by atoms with Gasteiger partial charge in [0, 0.05) is 32.3 Å². The maximum absolute atomic E-state index is 11.9. The predicted octanol–water partition coefficient (Wildman–Crippen LogP) is 3.14. The molecule has 0 heterocycles. The van der Waals surface area contributed by atoms with Crippen LogP contribution in [0.15, 0.2) is 18.2 Å². The molecule has 0 radical (unpaired) electrons. The summed E-state index contributed by atoms with van der Waals surface area (Å²) in [5, 5.41) is 14.1. The molecule has 21 heavy (non-hydrogen) atoms. The molecule has 1 aromatic rings. The highest BCUT2D eigenvalue weighted by Gasteiger charge is 2.17. The molecule has 0 aliphatic carbocycles. The topological polar surface area (TPSA) is 75.5 Å². The van der Waals surface area contributed by atoms with Crippen LogP contribution in [-0.2, 0) is 0 Å². The maximum atomic E-state index is 11.9. The third kappa shape index (κ3) is 5.06. The molecule has 0 aromatic heterocycles. The molecule has 0 unspecified atom stereocenters. The molecule has 0 bridgehead atoms. The molecule has 1 rings (SSSR count). The van der Waals surface area contributed by atoms with Gasteiger partial charge in [0.05, 0.1) is 4.92 Å². The number of benzene rings is 1. The van der Waals surface area contributed by atoms with Gasteiger partial charge in [0.15, 0.2) is 0 Å². The van der Waals surface area contributed by atoms with Gasteiger partial charge in [-0.25, -0.2) is 0 Å². The highest BCUT2D eigenvalue weighted by atomic mass is 16.6. The van der Waals surface area contributed by atoms with Crippen molar-refractivity contribution >= 4 is 17.3 Å². The summed E-state index contributed by atoms with van der Waals surface area (Å²) < 4.78 is 0. The Morgan fingerprint density at radius 1 is 1.38 bits per heavy atom. The van der Waals surface area contributed by atoms with Gasteiger partial charge in [-0.15, -0.1) is 0 Å². The first-order valence-corrected chi connectivity index (χ1v) is 7.07. The fourth-order valence-electron chi connectivity index (χ4n) is 1.96. The molecule has 116 valence electrons. The summed E-state index contributed by atoms with van der Waals surface area (Å²) in [6.07, 6.45) is 1.98. The van der Waals surface area contributed by atoms with Crippen LogP contribution in [-0.4, -0.2) is 36.4 Å². The Morgan fingerprint density at radius 2 is 2.05 bits per heavy atom. The molecular formula is C15H23N3O3. The van der Waals surface area contributed by atoms with Crippen LogP contribution in [0.4, 0.5) is 11.4 Å². The van der Waals surface area contributed by atoms with Crippen LogP contribution in [0, 0.1) is 16.0 Å². The van der Waals surface area contributed by atoms with Crippen LogP contribution < -0.4 is 5.32 Å². The first-order chi connectivity index (χ1) is 9.82. The fourth-order valence-corrected chi connectivity index (χ4v) is 1.96. The van der Waals surface area contributed by atoms with E-state index in [1.165, 1.54) is 17.0 Å². The molecule has 6 heteroatoms. The van der Waals surface area contributed by atoms with Gasteiger partial charge in [0.2, 0.25) is 0 Å². The number of nitrogens with zero attached hydrogens (tertiary/aromatic N) is 2. The summed E-state index contributed by atoms with van der Waals surface area (Å²) in [6, 6.07) is 4.41. The molecule has 6 nitrogen and oxygen atoms in total. The van der Waals surface area contributed by atoms with Crippen LogP contribution in [0.1, 0.15) is 37.0 Å². The zero-order valence-electron chi connectivity index (χ0n) is 13.0. The zero-order valence-corrected chi connectivity index (χ0v) is 13.0. The highest BCUT2D eigenvalue weighted by molar-refractivity contribution is 5.95. The predicted molar refractivity (Wildman–Crippen MR) is 83.7 cm³/mol. The van der Waals surface area contributed by atoms with E-state index in [1.807, 2.05) is 0 Å². The minimum absolute atomic E-state index is 0.00477. The Bertz CT molecular complexity index is 513. The number of anilines is 1. The molecule has 0 saturated heterocycles. The van der Waals surface area contributed by atoms with Gasteiger partial charge in [-0.3, -0.25) is 14.9 Å². The number of hydrogen-bond donors (Lipinski definition) is 1. The minimum atomic E-state index is -0.436. The van der Waals surface area contributed by atoms with Crippen molar-refractivity contribution in [1.82, 2.24) is 4.90 Å². The van der Waals surface area contributed by atoms with Crippen molar-refractivity contribution < 1.29 is 9.72 Å². The molecular weight excluding hydrogens is 270 g/mol. The maximum Gasteiger partial charge on any atom is 0.292 e. The quantitative estimate of drug-likeness (QED) is 0.476. The Morgan fingerprint density at radius 3 is 2.57 bits per heavy atom. The smallest absolute Gasteiger partial charge is 0.292 e. The van der Waals surface area contributed by atoms with E-state index in [1.54, 1.807) is 20.2 Å². The van der Waals surface area contributed by atoms with E-state index in [-0.39, 0.29) is 11.6 Å². The highest BCUT2D eigenvalue weighted by Crippen LogP contribution is 2.26. The molecule has 0 aliphatic heterocycles. The number of rotatable bonds is 7. The standard InChI is InChI=1S/C15H23N3O3/c1-11(2)6-5-9-16-13-10-12(15(19)17(3)4)7-8-14(13)18(20)21/h7-8,10-11,16H,5-6,9H2,1-4H3. The van der Waals surface area contributed by atoms with E-state index in [2.05, 4.69) is 19.2 Å². The second-order valence-electron chi connectivity index (χ2n) is 5.65. The largest absolute Gasteiger partial charge is 0.379 e. The van der Waals surface area contributed by atoms with E-state index < -0.39 is 4.92 Å². The molecule has 1 aromatic carbocycles. The lowest BCUT2D eigenvalue weighted by Crippen LogP contribution is -2.21. The average Bonchev–Trinajstić information content (AvgIpc) is 2.42. The molecule has 0 atom stereocenters. The van der Waals surface area contributed by atoms with E-state index in [9.17, 15) is 14.9 Å². The molecule has 0 aliphatic rings. The summed E-state index contributed by atoms with van der Waals surface area (Å²) in [4.78, 5) is 24.0. The van der Waals surface area contributed by atoms with Crippen LogP contribution >= 0.6 is 0 Å². The van der Waals surface area contributed by atoms with Crippen LogP contribution in [0.2, 0.25) is 0 Å². The van der Waals surface area contributed by atoms with Crippen molar-refractivity contribution in [3.8, 4) is 0 Å². The number of carbonyl (C=O) groups is 1. The van der Waals surface area contributed by atoms with Gasteiger partial charge in [-0.1, -0.05) is 13.8 Å². The second-order valence-corrected chi connectivity index (χ2v) is 5.65.